The Morgan fingerprint density at radius 1 is 1.43 bits per heavy atom. The van der Waals surface area contributed by atoms with Gasteiger partial charge in [-0.05, 0) is 39.5 Å². The summed E-state index contributed by atoms with van der Waals surface area (Å²) in [4.78, 5) is 14.3. The molecule has 0 radical (unpaired) electrons. The van der Waals surface area contributed by atoms with Gasteiger partial charge in [0, 0.05) is 18.0 Å². The molecular formula is C13H20N4O3S. The van der Waals surface area contributed by atoms with Gasteiger partial charge in [-0.3, -0.25) is 9.89 Å². The second-order valence-corrected chi connectivity index (χ2v) is 8.01. The molecule has 8 heteroatoms. The van der Waals surface area contributed by atoms with Crippen LogP contribution < -0.4 is 5.14 Å². The minimum Gasteiger partial charge on any atom is -0.332 e. The van der Waals surface area contributed by atoms with E-state index in [0.29, 0.717) is 12.2 Å². The van der Waals surface area contributed by atoms with Crippen LogP contribution in [0, 0.1) is 0 Å². The fourth-order valence-electron chi connectivity index (χ4n) is 3.04. The zero-order valence-corrected chi connectivity index (χ0v) is 13.0. The van der Waals surface area contributed by atoms with Crippen molar-refractivity contribution < 1.29 is 13.2 Å². The number of primary sulfonamides is 1. The van der Waals surface area contributed by atoms with E-state index in [0.717, 1.165) is 25.7 Å². The summed E-state index contributed by atoms with van der Waals surface area (Å²) in [7, 11) is -3.98. The summed E-state index contributed by atoms with van der Waals surface area (Å²) in [5.41, 5.74) is 0.137. The number of nitrogens with zero attached hydrogens (tertiary/aromatic N) is 2. The van der Waals surface area contributed by atoms with Gasteiger partial charge in [-0.15, -0.1) is 0 Å². The molecule has 2 aliphatic rings. The van der Waals surface area contributed by atoms with E-state index in [1.54, 1.807) is 4.90 Å². The number of likely N-dealkylation sites (tertiary alicyclic amines) is 1. The van der Waals surface area contributed by atoms with Gasteiger partial charge >= 0.3 is 0 Å². The third kappa shape index (κ3) is 2.46. The van der Waals surface area contributed by atoms with Gasteiger partial charge in [-0.1, -0.05) is 0 Å². The highest BCUT2D eigenvalue weighted by atomic mass is 32.2. The first-order chi connectivity index (χ1) is 9.72. The van der Waals surface area contributed by atoms with Gasteiger partial charge in [0.1, 0.15) is 4.90 Å². The minimum atomic E-state index is -3.98. The smallest absolute Gasteiger partial charge is 0.276 e. The molecule has 0 atom stereocenters. The maximum Gasteiger partial charge on any atom is 0.276 e. The van der Waals surface area contributed by atoms with Gasteiger partial charge in [-0.2, -0.15) is 5.10 Å². The highest BCUT2D eigenvalue weighted by molar-refractivity contribution is 7.89. The third-order valence-electron chi connectivity index (χ3n) is 4.37. The Kier molecular flexibility index (Phi) is 3.14. The maximum atomic E-state index is 12.7. The summed E-state index contributed by atoms with van der Waals surface area (Å²) in [6.07, 6.45) is 3.59. The zero-order valence-electron chi connectivity index (χ0n) is 12.2. The minimum absolute atomic E-state index is 0.0608. The van der Waals surface area contributed by atoms with E-state index in [4.69, 9.17) is 5.14 Å². The number of H-pyrrole nitrogens is 1. The maximum absolute atomic E-state index is 12.7. The number of aromatic amines is 1. The average molecular weight is 312 g/mol. The number of hydrogen-bond donors (Lipinski definition) is 2. The lowest BCUT2D eigenvalue weighted by molar-refractivity contribution is 0.0641. The van der Waals surface area contributed by atoms with Crippen molar-refractivity contribution in [3.63, 3.8) is 0 Å². The Morgan fingerprint density at radius 3 is 2.57 bits per heavy atom. The first kappa shape index (κ1) is 14.5. The molecule has 1 saturated heterocycles. The van der Waals surface area contributed by atoms with Crippen LogP contribution in [0.1, 0.15) is 61.6 Å². The molecule has 0 aromatic carbocycles. The summed E-state index contributed by atoms with van der Waals surface area (Å²) in [6, 6.07) is 0. The second-order valence-electron chi connectivity index (χ2n) is 6.51. The molecule has 3 rings (SSSR count). The van der Waals surface area contributed by atoms with Gasteiger partial charge < -0.3 is 4.90 Å². The van der Waals surface area contributed by atoms with Gasteiger partial charge in [0.2, 0.25) is 10.0 Å². The molecule has 1 amide bonds. The Morgan fingerprint density at radius 2 is 2.10 bits per heavy atom. The largest absolute Gasteiger partial charge is 0.332 e. The van der Waals surface area contributed by atoms with Crippen molar-refractivity contribution in [3.05, 3.63) is 11.4 Å². The summed E-state index contributed by atoms with van der Waals surface area (Å²) in [6.45, 7) is 4.56. The highest BCUT2D eigenvalue weighted by Gasteiger charge is 2.41. The zero-order chi connectivity index (χ0) is 15.4. The molecule has 2 heterocycles. The molecule has 0 unspecified atom stereocenters. The number of carbonyl (C=O) groups excluding carboxylic acids is 1. The number of sulfonamides is 1. The molecule has 1 aromatic rings. The van der Waals surface area contributed by atoms with Crippen molar-refractivity contribution in [1.29, 1.82) is 0 Å². The predicted molar refractivity (Wildman–Crippen MR) is 76.3 cm³/mol. The van der Waals surface area contributed by atoms with Crippen molar-refractivity contribution in [2.75, 3.05) is 6.54 Å². The monoisotopic (exact) mass is 312 g/mol. The lowest BCUT2D eigenvalue weighted by atomic mass is 10.0. The van der Waals surface area contributed by atoms with Gasteiger partial charge in [-0.25, -0.2) is 13.6 Å². The summed E-state index contributed by atoms with van der Waals surface area (Å²) < 4.78 is 23.8. The third-order valence-corrected chi connectivity index (χ3v) is 5.35. The molecule has 0 bridgehead atoms. The predicted octanol–water partition coefficient (Wildman–Crippen LogP) is 0.949. The number of amides is 1. The standard InChI is InChI=1S/C13H20N4O3S/c1-13(2)6-3-7-17(13)12(18)10-11(21(14,19)20)9(15-16-10)8-4-5-8/h8H,3-7H2,1-2H3,(H,15,16)(H2,14,19,20). The summed E-state index contributed by atoms with van der Waals surface area (Å²) >= 11 is 0. The quantitative estimate of drug-likeness (QED) is 0.865. The molecule has 7 nitrogen and oxygen atoms in total. The Hall–Kier alpha value is -1.41. The first-order valence-corrected chi connectivity index (χ1v) is 8.69. The van der Waals surface area contributed by atoms with Crippen LogP contribution >= 0.6 is 0 Å². The number of hydrogen-bond acceptors (Lipinski definition) is 4. The highest BCUT2D eigenvalue weighted by Crippen LogP contribution is 2.42. The Labute approximate surface area is 123 Å². The number of nitrogens with one attached hydrogen (secondary N) is 1. The van der Waals surface area contributed by atoms with Crippen LogP contribution in [0.4, 0.5) is 0 Å². The van der Waals surface area contributed by atoms with Crippen LogP contribution in [0.5, 0.6) is 0 Å². The molecule has 1 saturated carbocycles. The van der Waals surface area contributed by atoms with Crippen LogP contribution in [0.3, 0.4) is 0 Å². The van der Waals surface area contributed by atoms with E-state index in [2.05, 4.69) is 10.2 Å². The van der Waals surface area contributed by atoms with Crippen LogP contribution in [-0.2, 0) is 10.0 Å². The molecule has 116 valence electrons. The average Bonchev–Trinajstić information content (AvgIpc) is 2.99. The van der Waals surface area contributed by atoms with E-state index in [1.165, 1.54) is 0 Å². The number of nitrogens with two attached hydrogens (primary N) is 1. The van der Waals surface area contributed by atoms with Crippen LogP contribution in [0.15, 0.2) is 4.90 Å². The molecule has 0 spiro atoms. The van der Waals surface area contributed by atoms with Gasteiger partial charge in [0.05, 0.1) is 5.69 Å². The second kappa shape index (κ2) is 4.54. The molecule has 2 fully saturated rings. The topological polar surface area (TPSA) is 109 Å². The van der Waals surface area contributed by atoms with Crippen LogP contribution in [-0.4, -0.2) is 41.5 Å². The number of carbonyl (C=O) groups is 1. The normalized spacial score (nSPS) is 21.8. The van der Waals surface area contributed by atoms with Crippen molar-refractivity contribution in [2.45, 2.75) is 55.9 Å². The van der Waals surface area contributed by atoms with Crippen molar-refractivity contribution in [2.24, 2.45) is 5.14 Å². The van der Waals surface area contributed by atoms with Crippen molar-refractivity contribution >= 4 is 15.9 Å². The molecular weight excluding hydrogens is 292 g/mol. The fourth-order valence-corrected chi connectivity index (χ4v) is 3.96. The lowest BCUT2D eigenvalue weighted by Crippen LogP contribution is -2.43. The number of rotatable bonds is 3. The molecule has 1 aromatic heterocycles. The van der Waals surface area contributed by atoms with Gasteiger partial charge in [0.15, 0.2) is 5.69 Å². The first-order valence-electron chi connectivity index (χ1n) is 7.15. The molecule has 1 aliphatic carbocycles. The van der Waals surface area contributed by atoms with Crippen LogP contribution in [0.25, 0.3) is 0 Å². The Bertz CT molecular complexity index is 688. The molecule has 3 N–H and O–H groups in total. The SMILES string of the molecule is CC1(C)CCCN1C(=O)c1n[nH]c(C2CC2)c1S(N)(=O)=O. The lowest BCUT2D eigenvalue weighted by Gasteiger charge is -2.31. The van der Waals surface area contributed by atoms with E-state index >= 15 is 0 Å². The number of aromatic nitrogens is 2. The summed E-state index contributed by atoms with van der Waals surface area (Å²) in [5, 5.41) is 12.0. The van der Waals surface area contributed by atoms with Crippen molar-refractivity contribution in [1.82, 2.24) is 15.1 Å². The molecule has 21 heavy (non-hydrogen) atoms. The fraction of sp³-hybridized carbons (Fsp3) is 0.692. The van der Waals surface area contributed by atoms with Crippen LogP contribution in [0.2, 0.25) is 0 Å². The van der Waals surface area contributed by atoms with E-state index in [9.17, 15) is 13.2 Å². The van der Waals surface area contributed by atoms with E-state index in [-0.39, 0.29) is 28.0 Å². The van der Waals surface area contributed by atoms with Crippen molar-refractivity contribution in [3.8, 4) is 0 Å². The Balaban J connectivity index is 2.05. The van der Waals surface area contributed by atoms with E-state index in [1.807, 2.05) is 13.8 Å². The molecule has 1 aliphatic heterocycles. The van der Waals surface area contributed by atoms with E-state index < -0.39 is 10.0 Å². The van der Waals surface area contributed by atoms with Gasteiger partial charge in [0.25, 0.3) is 5.91 Å². The summed E-state index contributed by atoms with van der Waals surface area (Å²) in [5.74, 6) is -0.233.